The fourth-order valence-electron chi connectivity index (χ4n) is 1.82. The normalized spacial score (nSPS) is 10.7. The lowest BCUT2D eigenvalue weighted by Crippen LogP contribution is -1.87. The number of nitrogen functional groups attached to an aromatic ring is 1. The molecule has 0 amide bonds. The average molecular weight is 268 g/mol. The highest BCUT2D eigenvalue weighted by Gasteiger charge is 2.14. The van der Waals surface area contributed by atoms with Gasteiger partial charge in [-0.2, -0.15) is 4.98 Å². The maximum absolute atomic E-state index is 9.85. The number of aromatic nitrogens is 3. The summed E-state index contributed by atoms with van der Waals surface area (Å²) in [6, 6.07) is 8.47. The second-order valence-electron chi connectivity index (χ2n) is 4.42. The molecule has 0 unspecified atom stereocenters. The number of nitrogens with two attached hydrogens (primary N) is 1. The SMILES string of the molecule is Cc1ccnc(-c2noc(-c3ccc(N)cc3O)n2)c1. The number of hydrogen-bond acceptors (Lipinski definition) is 6. The van der Waals surface area contributed by atoms with Gasteiger partial charge in [0, 0.05) is 18.0 Å². The lowest BCUT2D eigenvalue weighted by molar-refractivity contribution is 0.425. The van der Waals surface area contributed by atoms with E-state index in [0.29, 0.717) is 22.8 Å². The first-order chi connectivity index (χ1) is 9.63. The molecule has 2 heterocycles. The van der Waals surface area contributed by atoms with Crippen LogP contribution in [0.3, 0.4) is 0 Å². The molecule has 0 spiro atoms. The van der Waals surface area contributed by atoms with Gasteiger partial charge in [-0.25, -0.2) is 0 Å². The molecule has 0 fully saturated rings. The fraction of sp³-hybridized carbons (Fsp3) is 0.0714. The van der Waals surface area contributed by atoms with Crippen LogP contribution in [0.15, 0.2) is 41.1 Å². The summed E-state index contributed by atoms with van der Waals surface area (Å²) in [4.78, 5) is 8.43. The van der Waals surface area contributed by atoms with Gasteiger partial charge in [0.1, 0.15) is 11.4 Å². The number of benzene rings is 1. The molecule has 0 bridgehead atoms. The van der Waals surface area contributed by atoms with Gasteiger partial charge < -0.3 is 15.4 Å². The van der Waals surface area contributed by atoms with Crippen molar-refractivity contribution in [1.82, 2.24) is 15.1 Å². The van der Waals surface area contributed by atoms with E-state index in [1.165, 1.54) is 6.07 Å². The van der Waals surface area contributed by atoms with Crippen LogP contribution in [0.5, 0.6) is 5.75 Å². The number of hydrogen-bond donors (Lipinski definition) is 2. The minimum atomic E-state index is -0.00241. The number of aryl methyl sites for hydroxylation is 1. The predicted octanol–water partition coefficient (Wildman–Crippen LogP) is 2.39. The highest BCUT2D eigenvalue weighted by Crippen LogP contribution is 2.30. The van der Waals surface area contributed by atoms with Gasteiger partial charge in [0.25, 0.3) is 5.89 Å². The molecule has 2 aromatic heterocycles. The van der Waals surface area contributed by atoms with E-state index in [2.05, 4.69) is 15.1 Å². The number of phenolic OH excluding ortho intramolecular Hbond substituents is 1. The summed E-state index contributed by atoms with van der Waals surface area (Å²) in [6.45, 7) is 1.96. The molecule has 3 aromatic rings. The zero-order valence-corrected chi connectivity index (χ0v) is 10.7. The van der Waals surface area contributed by atoms with Crippen molar-refractivity contribution in [2.24, 2.45) is 0 Å². The Hall–Kier alpha value is -2.89. The molecule has 0 aliphatic rings. The van der Waals surface area contributed by atoms with Gasteiger partial charge in [0.15, 0.2) is 0 Å². The zero-order chi connectivity index (χ0) is 14.1. The van der Waals surface area contributed by atoms with E-state index < -0.39 is 0 Å². The Morgan fingerprint density at radius 1 is 1.20 bits per heavy atom. The molecule has 0 saturated carbocycles. The van der Waals surface area contributed by atoms with Crippen molar-refractivity contribution in [2.45, 2.75) is 6.92 Å². The molecule has 6 nitrogen and oxygen atoms in total. The standard InChI is InChI=1S/C14H12N4O2/c1-8-4-5-16-11(6-8)13-17-14(20-18-13)10-3-2-9(15)7-12(10)19/h2-7,19H,15H2,1H3. The smallest absolute Gasteiger partial charge is 0.262 e. The molecule has 1 aromatic carbocycles. The van der Waals surface area contributed by atoms with Crippen molar-refractivity contribution in [3.8, 4) is 28.7 Å². The van der Waals surface area contributed by atoms with Gasteiger partial charge >= 0.3 is 0 Å². The summed E-state index contributed by atoms with van der Waals surface area (Å²) in [5.41, 5.74) is 8.15. The summed E-state index contributed by atoms with van der Waals surface area (Å²) in [5, 5.41) is 13.7. The third-order valence-corrected chi connectivity index (χ3v) is 2.82. The summed E-state index contributed by atoms with van der Waals surface area (Å²) in [5.74, 6) is 0.595. The van der Waals surface area contributed by atoms with E-state index >= 15 is 0 Å². The van der Waals surface area contributed by atoms with E-state index in [-0.39, 0.29) is 11.6 Å². The van der Waals surface area contributed by atoms with Crippen LogP contribution in [0.1, 0.15) is 5.56 Å². The first-order valence-electron chi connectivity index (χ1n) is 5.99. The molecule has 3 rings (SSSR count). The van der Waals surface area contributed by atoms with Crippen LogP contribution in [-0.4, -0.2) is 20.2 Å². The molecule has 0 atom stereocenters. The highest BCUT2D eigenvalue weighted by molar-refractivity contribution is 5.67. The van der Waals surface area contributed by atoms with E-state index in [9.17, 15) is 5.11 Å². The second-order valence-corrected chi connectivity index (χ2v) is 4.42. The Bertz CT molecular complexity index is 767. The van der Waals surface area contributed by atoms with E-state index in [0.717, 1.165) is 5.56 Å². The lowest BCUT2D eigenvalue weighted by Gasteiger charge is -1.99. The minimum absolute atomic E-state index is 0.00241. The van der Waals surface area contributed by atoms with Gasteiger partial charge in [-0.1, -0.05) is 5.16 Å². The molecular formula is C14H12N4O2. The van der Waals surface area contributed by atoms with Crippen LogP contribution in [0, 0.1) is 6.92 Å². The molecule has 0 aliphatic carbocycles. The van der Waals surface area contributed by atoms with Crippen LogP contribution in [-0.2, 0) is 0 Å². The first-order valence-corrected chi connectivity index (χ1v) is 5.99. The molecule has 0 saturated heterocycles. The summed E-state index contributed by atoms with van der Waals surface area (Å²) in [7, 11) is 0. The van der Waals surface area contributed by atoms with Crippen LogP contribution in [0.25, 0.3) is 23.0 Å². The minimum Gasteiger partial charge on any atom is -0.507 e. The Balaban J connectivity index is 2.02. The van der Waals surface area contributed by atoms with Gasteiger partial charge in [0.05, 0.1) is 5.56 Å². The molecule has 100 valence electrons. The van der Waals surface area contributed by atoms with Gasteiger partial charge in [-0.05, 0) is 36.8 Å². The van der Waals surface area contributed by atoms with Gasteiger partial charge in [-0.3, -0.25) is 4.98 Å². The van der Waals surface area contributed by atoms with Crippen molar-refractivity contribution in [1.29, 1.82) is 0 Å². The Labute approximate surface area is 114 Å². The number of nitrogens with zero attached hydrogens (tertiary/aromatic N) is 3. The van der Waals surface area contributed by atoms with Crippen molar-refractivity contribution < 1.29 is 9.63 Å². The maximum Gasteiger partial charge on any atom is 0.262 e. The van der Waals surface area contributed by atoms with Crippen LogP contribution >= 0.6 is 0 Å². The molecular weight excluding hydrogens is 256 g/mol. The second kappa shape index (κ2) is 4.65. The van der Waals surface area contributed by atoms with Gasteiger partial charge in [-0.15, -0.1) is 0 Å². The average Bonchev–Trinajstić information content (AvgIpc) is 2.88. The van der Waals surface area contributed by atoms with E-state index in [1.807, 2.05) is 19.1 Å². The van der Waals surface area contributed by atoms with Crippen molar-refractivity contribution in [3.05, 3.63) is 42.1 Å². The van der Waals surface area contributed by atoms with E-state index in [1.54, 1.807) is 18.3 Å². The largest absolute Gasteiger partial charge is 0.507 e. The molecule has 20 heavy (non-hydrogen) atoms. The number of rotatable bonds is 2. The zero-order valence-electron chi connectivity index (χ0n) is 10.7. The van der Waals surface area contributed by atoms with Crippen LogP contribution < -0.4 is 5.73 Å². The summed E-state index contributed by atoms with van der Waals surface area (Å²) < 4.78 is 5.16. The third-order valence-electron chi connectivity index (χ3n) is 2.82. The molecule has 0 aliphatic heterocycles. The van der Waals surface area contributed by atoms with Gasteiger partial charge in [0.2, 0.25) is 5.82 Å². The number of phenols is 1. The maximum atomic E-state index is 9.85. The number of anilines is 1. The van der Waals surface area contributed by atoms with Crippen LogP contribution in [0.4, 0.5) is 5.69 Å². The number of aromatic hydroxyl groups is 1. The highest BCUT2D eigenvalue weighted by atomic mass is 16.5. The quantitative estimate of drug-likeness (QED) is 0.692. The fourth-order valence-corrected chi connectivity index (χ4v) is 1.82. The summed E-state index contributed by atoms with van der Waals surface area (Å²) in [6.07, 6.45) is 1.68. The lowest BCUT2D eigenvalue weighted by atomic mass is 10.2. The van der Waals surface area contributed by atoms with Crippen LogP contribution in [0.2, 0.25) is 0 Å². The van der Waals surface area contributed by atoms with Crippen molar-refractivity contribution in [3.63, 3.8) is 0 Å². The topological polar surface area (TPSA) is 98.1 Å². The van der Waals surface area contributed by atoms with Crippen molar-refractivity contribution in [2.75, 3.05) is 5.73 Å². The number of pyridine rings is 1. The molecule has 3 N–H and O–H groups in total. The van der Waals surface area contributed by atoms with Crippen molar-refractivity contribution >= 4 is 5.69 Å². The first kappa shape index (κ1) is 12.2. The Morgan fingerprint density at radius 2 is 2.05 bits per heavy atom. The monoisotopic (exact) mass is 268 g/mol. The Kier molecular flexibility index (Phi) is 2.83. The van der Waals surface area contributed by atoms with E-state index in [4.69, 9.17) is 10.3 Å². The predicted molar refractivity (Wildman–Crippen MR) is 73.8 cm³/mol. The third kappa shape index (κ3) is 2.18. The summed E-state index contributed by atoms with van der Waals surface area (Å²) >= 11 is 0. The Morgan fingerprint density at radius 3 is 2.80 bits per heavy atom. The molecule has 6 heteroatoms. The molecule has 0 radical (unpaired) electrons.